The van der Waals surface area contributed by atoms with Gasteiger partial charge in [0.05, 0.1) is 5.29 Å². The van der Waals surface area contributed by atoms with Crippen molar-refractivity contribution in [2.24, 2.45) is 5.29 Å². The fourth-order valence-corrected chi connectivity index (χ4v) is 0.452. The van der Waals surface area contributed by atoms with Gasteiger partial charge in [0.15, 0.2) is 0 Å². The highest BCUT2D eigenvalue weighted by atomic mass is 35.5. The summed E-state index contributed by atoms with van der Waals surface area (Å²) in [5, 5.41) is 4.65. The molecule has 0 rings (SSSR count). The Balaban J connectivity index is 3.77. The van der Waals surface area contributed by atoms with Crippen LogP contribution >= 0.6 is 11.8 Å². The number of carbonyl (C=O) groups excluding carboxylic acids is 1. The van der Waals surface area contributed by atoms with Gasteiger partial charge in [0, 0.05) is 17.8 Å². The zero-order valence-electron chi connectivity index (χ0n) is 6.37. The first-order valence-corrected chi connectivity index (χ1v) is 3.55. The molecule has 0 bridgehead atoms. The minimum Gasteiger partial charge on any atom is -0.333 e. The second-order valence-electron chi connectivity index (χ2n) is 2.10. The zero-order chi connectivity index (χ0) is 8.85. The summed E-state index contributed by atoms with van der Waals surface area (Å²) in [5.74, 6) is 0. The van der Waals surface area contributed by atoms with Crippen LogP contribution in [0.4, 0.5) is 4.79 Å². The van der Waals surface area contributed by atoms with E-state index in [9.17, 15) is 9.70 Å². The number of nitroso groups, excluding NO2 is 1. The summed E-state index contributed by atoms with van der Waals surface area (Å²) in [6, 6.07) is -0.707. The quantitative estimate of drug-likeness (QED) is 0.407. The molecule has 64 valence electrons. The van der Waals surface area contributed by atoms with Crippen molar-refractivity contribution in [3.63, 3.8) is 0 Å². The van der Waals surface area contributed by atoms with Gasteiger partial charge in [0.25, 0.3) is 0 Å². The highest BCUT2D eigenvalue weighted by Crippen LogP contribution is 1.96. The van der Waals surface area contributed by atoms with E-state index in [0.29, 0.717) is 0 Å². The molecule has 1 N–H and O–H groups in total. The zero-order valence-corrected chi connectivity index (χ0v) is 7.13. The van der Waals surface area contributed by atoms with Crippen LogP contribution in [-0.4, -0.2) is 16.6 Å². The molecule has 0 aromatic carbocycles. The smallest absolute Gasteiger partial charge is 0.333 e. The van der Waals surface area contributed by atoms with Crippen LogP contribution in [0, 0.1) is 4.91 Å². The maximum absolute atomic E-state index is 10.7. The third kappa shape index (κ3) is 3.77. The van der Waals surface area contributed by atoms with Crippen LogP contribution in [0.2, 0.25) is 0 Å². The molecule has 0 radical (unpaired) electrons. The molecular formula is C5H10ClN3O2. The predicted octanol–water partition coefficient (Wildman–Crippen LogP) is 1.63. The van der Waals surface area contributed by atoms with Crippen LogP contribution in [0.15, 0.2) is 5.29 Å². The summed E-state index contributed by atoms with van der Waals surface area (Å²) in [6.07, 6.45) is 0.773. The molecule has 0 aliphatic heterocycles. The maximum Gasteiger partial charge on any atom is 0.356 e. The molecule has 0 fully saturated rings. The highest BCUT2D eigenvalue weighted by Gasteiger charge is 2.12. The summed E-state index contributed by atoms with van der Waals surface area (Å²) in [6.45, 7) is 3.70. The molecule has 5 nitrogen and oxygen atoms in total. The fourth-order valence-electron chi connectivity index (χ4n) is 0.403. The largest absolute Gasteiger partial charge is 0.356 e. The lowest BCUT2D eigenvalue weighted by Gasteiger charge is -2.11. The number of amides is 2. The van der Waals surface area contributed by atoms with E-state index in [1.165, 1.54) is 0 Å². The van der Waals surface area contributed by atoms with Crippen molar-refractivity contribution in [2.75, 3.05) is 0 Å². The van der Waals surface area contributed by atoms with E-state index in [0.717, 1.165) is 6.42 Å². The van der Waals surface area contributed by atoms with Crippen LogP contribution in [0.5, 0.6) is 0 Å². The van der Waals surface area contributed by atoms with Gasteiger partial charge >= 0.3 is 6.03 Å². The van der Waals surface area contributed by atoms with Crippen molar-refractivity contribution in [1.29, 1.82) is 0 Å². The normalized spacial score (nSPS) is 11.9. The number of halogens is 1. The Kier molecular flexibility index (Phi) is 4.52. The Hall–Kier alpha value is -0.840. The first kappa shape index (κ1) is 10.2. The Labute approximate surface area is 69.8 Å². The van der Waals surface area contributed by atoms with Gasteiger partial charge in [-0.1, -0.05) is 11.5 Å². The number of hydrogen-bond donors (Lipinski definition) is 1. The molecule has 1 atom stereocenters. The molecule has 0 aliphatic carbocycles. The molecule has 0 aromatic rings. The third-order valence-electron chi connectivity index (χ3n) is 1.22. The van der Waals surface area contributed by atoms with Crippen LogP contribution in [0.25, 0.3) is 0 Å². The van der Waals surface area contributed by atoms with Gasteiger partial charge in [-0.2, -0.15) is 0 Å². The molecule has 0 aromatic heterocycles. The van der Waals surface area contributed by atoms with Gasteiger partial charge in [-0.05, 0) is 13.3 Å². The monoisotopic (exact) mass is 179 g/mol. The van der Waals surface area contributed by atoms with Crippen LogP contribution in [0.3, 0.4) is 0 Å². The van der Waals surface area contributed by atoms with Crippen molar-refractivity contribution in [3.05, 3.63) is 4.91 Å². The van der Waals surface area contributed by atoms with Gasteiger partial charge in [-0.15, -0.1) is 4.91 Å². The Morgan fingerprint density at radius 1 is 1.82 bits per heavy atom. The second-order valence-corrected chi connectivity index (χ2v) is 2.42. The first-order chi connectivity index (χ1) is 5.11. The Morgan fingerprint density at radius 2 is 2.36 bits per heavy atom. The van der Waals surface area contributed by atoms with Crippen LogP contribution < -0.4 is 5.32 Å². The molecule has 6 heteroatoms. The molecular weight excluding hydrogens is 170 g/mol. The average Bonchev–Trinajstić information content (AvgIpc) is 2.02. The molecule has 11 heavy (non-hydrogen) atoms. The lowest BCUT2D eigenvalue weighted by Crippen LogP contribution is -2.36. The van der Waals surface area contributed by atoms with Gasteiger partial charge in [-0.25, -0.2) is 4.79 Å². The minimum absolute atomic E-state index is 0.00880. The predicted molar refractivity (Wildman–Crippen MR) is 41.8 cm³/mol. The molecule has 0 saturated carbocycles. The van der Waals surface area contributed by atoms with E-state index >= 15 is 0 Å². The van der Waals surface area contributed by atoms with E-state index in [-0.39, 0.29) is 10.6 Å². The molecule has 0 spiro atoms. The minimum atomic E-state index is -0.698. The number of nitrogens with one attached hydrogen (secondary N) is 1. The molecule has 2 amide bonds. The Morgan fingerprint density at radius 3 is 2.73 bits per heavy atom. The van der Waals surface area contributed by atoms with Crippen molar-refractivity contribution >= 4 is 17.8 Å². The molecule has 0 saturated heterocycles. The van der Waals surface area contributed by atoms with Gasteiger partial charge in [0.2, 0.25) is 0 Å². The van der Waals surface area contributed by atoms with Crippen molar-refractivity contribution in [1.82, 2.24) is 9.84 Å². The Bertz CT molecular complexity index is 153. The van der Waals surface area contributed by atoms with Crippen molar-refractivity contribution in [2.45, 2.75) is 26.3 Å². The molecule has 1 unspecified atom stereocenters. The first-order valence-electron chi connectivity index (χ1n) is 3.21. The molecule has 0 heterocycles. The van der Waals surface area contributed by atoms with E-state index in [4.69, 9.17) is 11.8 Å². The highest BCUT2D eigenvalue weighted by molar-refractivity contribution is 6.20. The number of nitrogens with zero attached hydrogens (tertiary/aromatic N) is 2. The second kappa shape index (κ2) is 4.90. The topological polar surface area (TPSA) is 61.8 Å². The van der Waals surface area contributed by atoms with Crippen molar-refractivity contribution in [3.8, 4) is 0 Å². The van der Waals surface area contributed by atoms with Crippen molar-refractivity contribution < 1.29 is 4.79 Å². The number of rotatable bonds is 3. The van der Waals surface area contributed by atoms with E-state index < -0.39 is 6.03 Å². The summed E-state index contributed by atoms with van der Waals surface area (Å²) in [5.41, 5.74) is 0. The summed E-state index contributed by atoms with van der Waals surface area (Å²) < 4.78 is 0.201. The van der Waals surface area contributed by atoms with E-state index in [1.807, 2.05) is 6.92 Å². The van der Waals surface area contributed by atoms with E-state index in [2.05, 4.69) is 10.6 Å². The van der Waals surface area contributed by atoms with Gasteiger partial charge in [0.1, 0.15) is 0 Å². The summed E-state index contributed by atoms with van der Waals surface area (Å²) >= 11 is 5.06. The average molecular weight is 180 g/mol. The molecule has 0 aliphatic rings. The summed E-state index contributed by atoms with van der Waals surface area (Å²) in [7, 11) is 0. The van der Waals surface area contributed by atoms with Gasteiger partial charge in [-0.3, -0.25) is 0 Å². The number of carbonyl (C=O) groups is 1. The van der Waals surface area contributed by atoms with E-state index in [1.54, 1.807) is 6.92 Å². The maximum atomic E-state index is 10.7. The SMILES string of the molecule is CCC(C)NC(=O)N(Cl)N=O. The fraction of sp³-hybridized carbons (Fsp3) is 0.800. The lowest BCUT2D eigenvalue weighted by atomic mass is 10.3. The standard InChI is InChI=1S/C5H10ClN3O2/c1-3-4(2)7-5(10)9(6)8-11/h4H,3H2,1-2H3,(H,7,10). The van der Waals surface area contributed by atoms with Crippen LogP contribution in [-0.2, 0) is 0 Å². The van der Waals surface area contributed by atoms with Crippen LogP contribution in [0.1, 0.15) is 20.3 Å². The number of hydrogen-bond acceptors (Lipinski definition) is 3. The summed E-state index contributed by atoms with van der Waals surface area (Å²) in [4.78, 5) is 20.4. The third-order valence-corrected chi connectivity index (χ3v) is 1.44. The lowest BCUT2D eigenvalue weighted by molar-refractivity contribution is 0.221. The van der Waals surface area contributed by atoms with Gasteiger partial charge < -0.3 is 5.32 Å². The number of urea groups is 1.